The van der Waals surface area contributed by atoms with Crippen LogP contribution in [0, 0.1) is 6.33 Å². The fourth-order valence-corrected chi connectivity index (χ4v) is 1.72. The number of imidazole rings is 1. The Bertz CT molecular complexity index is 647. The van der Waals surface area contributed by atoms with E-state index in [0.29, 0.717) is 12.1 Å². The van der Waals surface area contributed by atoms with E-state index in [1.165, 1.54) is 6.07 Å². The van der Waals surface area contributed by atoms with Crippen LogP contribution in [0.1, 0.15) is 24.0 Å². The van der Waals surface area contributed by atoms with Crippen LogP contribution >= 0.6 is 0 Å². The number of aryl methyl sites for hydroxylation is 1. The van der Waals surface area contributed by atoms with Crippen molar-refractivity contribution < 1.29 is 46.4 Å². The van der Waals surface area contributed by atoms with Crippen LogP contribution < -0.4 is 0 Å². The van der Waals surface area contributed by atoms with E-state index in [0.717, 1.165) is 6.07 Å². The minimum atomic E-state index is -5.23. The van der Waals surface area contributed by atoms with Gasteiger partial charge in [0, 0.05) is 37.8 Å². The summed E-state index contributed by atoms with van der Waals surface area (Å²) in [6, 6.07) is 4.12. The second-order valence-corrected chi connectivity index (χ2v) is 4.08. The standard InChI is InChI=1S/C12H8F6N3.Ir/c1-2-7-4-3-5-8(20-7)21-6-19-9(11(13,14)15)10(21)12(16,17)18;/h3-5H,2H2,1H3;/q-1;. The van der Waals surface area contributed by atoms with Gasteiger partial charge in [0.1, 0.15) is 0 Å². The van der Waals surface area contributed by atoms with Crippen LogP contribution in [0.4, 0.5) is 26.3 Å². The van der Waals surface area contributed by atoms with Crippen molar-refractivity contribution in [2.45, 2.75) is 25.7 Å². The summed E-state index contributed by atoms with van der Waals surface area (Å²) in [7, 11) is 0. The summed E-state index contributed by atoms with van der Waals surface area (Å²) in [6.45, 7) is 1.72. The molecule has 2 heterocycles. The van der Waals surface area contributed by atoms with Gasteiger partial charge in [0.05, 0.1) is 11.5 Å². The fraction of sp³-hybridized carbons (Fsp3) is 0.333. The molecule has 2 rings (SSSR count). The molecular weight excluding hydrogens is 492 g/mol. The van der Waals surface area contributed by atoms with Gasteiger partial charge < -0.3 is 9.55 Å². The quantitative estimate of drug-likeness (QED) is 0.466. The second kappa shape index (κ2) is 6.37. The molecule has 2 aromatic rings. The first kappa shape index (κ1) is 18.6. The Morgan fingerprint density at radius 3 is 2.23 bits per heavy atom. The third kappa shape index (κ3) is 3.67. The van der Waals surface area contributed by atoms with E-state index in [4.69, 9.17) is 0 Å². The predicted octanol–water partition coefficient (Wildman–Crippen LogP) is 3.66. The molecule has 0 spiro atoms. The summed E-state index contributed by atoms with van der Waals surface area (Å²) in [4.78, 5) is 6.59. The topological polar surface area (TPSA) is 30.7 Å². The van der Waals surface area contributed by atoms with Crippen molar-refractivity contribution >= 4 is 0 Å². The van der Waals surface area contributed by atoms with Gasteiger partial charge in [0.25, 0.3) is 0 Å². The number of pyridine rings is 1. The molecule has 0 fully saturated rings. The molecule has 0 atom stereocenters. The first-order chi connectivity index (χ1) is 9.64. The monoisotopic (exact) mass is 501 g/mol. The van der Waals surface area contributed by atoms with E-state index in [1.54, 1.807) is 19.3 Å². The summed E-state index contributed by atoms with van der Waals surface area (Å²) in [5, 5.41) is 0. The molecule has 22 heavy (non-hydrogen) atoms. The van der Waals surface area contributed by atoms with E-state index in [9.17, 15) is 26.3 Å². The maximum absolute atomic E-state index is 12.9. The van der Waals surface area contributed by atoms with Gasteiger partial charge in [-0.25, -0.2) is 0 Å². The molecule has 0 N–H and O–H groups in total. The molecule has 0 amide bonds. The van der Waals surface area contributed by atoms with Crippen molar-refractivity contribution in [1.82, 2.24) is 14.5 Å². The molecule has 0 unspecified atom stereocenters. The van der Waals surface area contributed by atoms with Crippen molar-refractivity contribution in [2.24, 2.45) is 0 Å². The first-order valence-electron chi connectivity index (χ1n) is 5.75. The Hall–Kier alpha value is -1.41. The summed E-state index contributed by atoms with van der Waals surface area (Å²) in [5.41, 5.74) is -3.52. The van der Waals surface area contributed by atoms with E-state index >= 15 is 0 Å². The van der Waals surface area contributed by atoms with Crippen LogP contribution in [0.25, 0.3) is 5.82 Å². The van der Waals surface area contributed by atoms with E-state index in [-0.39, 0.29) is 30.5 Å². The first-order valence-corrected chi connectivity index (χ1v) is 5.75. The normalized spacial score (nSPS) is 12.1. The minimum Gasteiger partial charge on any atom is -0.407 e. The van der Waals surface area contributed by atoms with Crippen molar-refractivity contribution in [3.8, 4) is 5.82 Å². The SMILES string of the molecule is CCc1cccc(-n2[c-]nc(C(F)(F)F)c2C(F)(F)F)n1.[Ir]. The number of alkyl halides is 6. The molecule has 0 aliphatic rings. The zero-order valence-electron chi connectivity index (χ0n) is 10.9. The Morgan fingerprint density at radius 2 is 1.73 bits per heavy atom. The van der Waals surface area contributed by atoms with Gasteiger partial charge in [-0.3, -0.25) is 4.98 Å². The van der Waals surface area contributed by atoms with Crippen LogP contribution in [0.5, 0.6) is 0 Å². The van der Waals surface area contributed by atoms with Crippen LogP contribution in [0.2, 0.25) is 0 Å². The molecular formula is C12H8F6IrN3-. The van der Waals surface area contributed by atoms with Crippen molar-refractivity contribution in [1.29, 1.82) is 0 Å². The summed E-state index contributed by atoms with van der Waals surface area (Å²) in [5.74, 6) is -0.315. The third-order valence-corrected chi connectivity index (χ3v) is 2.63. The Morgan fingerprint density at radius 1 is 1.09 bits per heavy atom. The Labute approximate surface area is 134 Å². The number of hydrogen-bond acceptors (Lipinski definition) is 2. The van der Waals surface area contributed by atoms with Gasteiger partial charge in [-0.1, -0.05) is 19.1 Å². The number of aromatic nitrogens is 3. The van der Waals surface area contributed by atoms with Gasteiger partial charge in [-0.15, -0.1) is 0 Å². The maximum atomic E-state index is 12.9. The minimum absolute atomic E-state index is 0. The van der Waals surface area contributed by atoms with E-state index in [1.807, 2.05) is 0 Å². The largest absolute Gasteiger partial charge is 0.407 e. The summed E-state index contributed by atoms with van der Waals surface area (Å²) >= 11 is 0. The smallest absolute Gasteiger partial charge is 0.391 e. The summed E-state index contributed by atoms with van der Waals surface area (Å²) < 4.78 is 76.9. The van der Waals surface area contributed by atoms with Crippen molar-refractivity contribution in [2.75, 3.05) is 0 Å². The summed E-state index contributed by atoms with van der Waals surface area (Å²) in [6.07, 6.45) is -8.32. The molecule has 0 saturated carbocycles. The second-order valence-electron chi connectivity index (χ2n) is 4.08. The van der Waals surface area contributed by atoms with Gasteiger partial charge in [-0.2, -0.15) is 26.3 Å². The number of halogens is 6. The predicted molar refractivity (Wildman–Crippen MR) is 59.6 cm³/mol. The molecule has 0 aromatic carbocycles. The molecule has 2 aromatic heterocycles. The number of nitrogens with zero attached hydrogens (tertiary/aromatic N) is 3. The molecule has 123 valence electrons. The van der Waals surface area contributed by atoms with Crippen LogP contribution in [-0.4, -0.2) is 14.5 Å². The Balaban J connectivity index is 0.00000242. The van der Waals surface area contributed by atoms with Gasteiger partial charge in [-0.05, 0) is 12.5 Å². The van der Waals surface area contributed by atoms with E-state index < -0.39 is 23.7 Å². The fourth-order valence-electron chi connectivity index (χ4n) is 1.72. The molecule has 10 heteroatoms. The third-order valence-electron chi connectivity index (χ3n) is 2.63. The van der Waals surface area contributed by atoms with Crippen molar-refractivity contribution in [3.05, 3.63) is 41.6 Å². The zero-order chi connectivity index (χ0) is 15.8. The molecule has 3 nitrogen and oxygen atoms in total. The average Bonchev–Trinajstić information content (AvgIpc) is 2.83. The number of rotatable bonds is 2. The van der Waals surface area contributed by atoms with Crippen molar-refractivity contribution in [3.63, 3.8) is 0 Å². The van der Waals surface area contributed by atoms with Gasteiger partial charge in [0.15, 0.2) is 0 Å². The molecule has 0 saturated heterocycles. The van der Waals surface area contributed by atoms with Crippen LogP contribution in [0.3, 0.4) is 0 Å². The van der Waals surface area contributed by atoms with Crippen LogP contribution in [0.15, 0.2) is 18.2 Å². The molecule has 0 aliphatic carbocycles. The number of hydrogen-bond donors (Lipinski definition) is 0. The molecule has 0 aliphatic heterocycles. The van der Waals surface area contributed by atoms with Gasteiger partial charge in [0.2, 0.25) is 0 Å². The molecule has 1 radical (unpaired) electrons. The van der Waals surface area contributed by atoms with Gasteiger partial charge >= 0.3 is 12.4 Å². The zero-order valence-corrected chi connectivity index (χ0v) is 13.3. The Kier molecular flexibility index (Phi) is 5.40. The average molecular weight is 500 g/mol. The van der Waals surface area contributed by atoms with Crippen LogP contribution in [-0.2, 0) is 38.9 Å². The molecule has 0 bridgehead atoms. The maximum Gasteiger partial charge on any atom is 0.391 e. The van der Waals surface area contributed by atoms with E-state index in [2.05, 4.69) is 9.97 Å².